The zero-order chi connectivity index (χ0) is 20.2. The first-order valence-corrected chi connectivity index (χ1v) is 10.4. The van der Waals surface area contributed by atoms with E-state index in [-0.39, 0.29) is 35.8 Å². The van der Waals surface area contributed by atoms with Crippen molar-refractivity contribution in [1.82, 2.24) is 20.4 Å². The fraction of sp³-hybridized carbons (Fsp3) is 0.571. The number of piperazine rings is 1. The predicted octanol–water partition coefficient (Wildman–Crippen LogP) is -0.00330. The van der Waals surface area contributed by atoms with E-state index >= 15 is 0 Å². The largest absolute Gasteiger partial charge is 0.378 e. The predicted molar refractivity (Wildman–Crippen MR) is 106 cm³/mol. The molecule has 3 heterocycles. The molecule has 29 heavy (non-hydrogen) atoms. The van der Waals surface area contributed by atoms with Gasteiger partial charge in [0.2, 0.25) is 11.8 Å². The molecule has 156 valence electrons. The van der Waals surface area contributed by atoms with Gasteiger partial charge in [0.05, 0.1) is 19.3 Å². The minimum Gasteiger partial charge on any atom is -0.378 e. The topological polar surface area (TPSA) is 91.0 Å². The summed E-state index contributed by atoms with van der Waals surface area (Å²) in [4.78, 5) is 41.3. The Morgan fingerprint density at radius 1 is 1.17 bits per heavy atom. The Balaban J connectivity index is 1.33. The molecule has 4 rings (SSSR count). The van der Waals surface area contributed by atoms with Crippen LogP contribution >= 0.6 is 0 Å². The minimum atomic E-state index is -0.242. The van der Waals surface area contributed by atoms with Crippen LogP contribution in [0.3, 0.4) is 0 Å². The van der Waals surface area contributed by atoms with Gasteiger partial charge in [0.1, 0.15) is 0 Å². The zero-order valence-corrected chi connectivity index (χ0v) is 16.5. The second-order valence-corrected chi connectivity index (χ2v) is 7.92. The molecule has 8 heteroatoms. The van der Waals surface area contributed by atoms with Crippen LogP contribution in [0.1, 0.15) is 29.6 Å². The maximum atomic E-state index is 12.5. The minimum absolute atomic E-state index is 0.0113. The van der Waals surface area contributed by atoms with Crippen molar-refractivity contribution in [3.63, 3.8) is 0 Å². The first kappa shape index (κ1) is 19.8. The van der Waals surface area contributed by atoms with E-state index in [2.05, 4.69) is 15.5 Å². The highest BCUT2D eigenvalue weighted by atomic mass is 16.5. The molecule has 3 aliphatic heterocycles. The van der Waals surface area contributed by atoms with Gasteiger partial charge >= 0.3 is 0 Å². The fourth-order valence-electron chi connectivity index (χ4n) is 4.47. The third-order valence-electron chi connectivity index (χ3n) is 6.05. The van der Waals surface area contributed by atoms with Crippen LogP contribution in [-0.4, -0.2) is 85.0 Å². The lowest BCUT2D eigenvalue weighted by molar-refractivity contribution is -0.136. The van der Waals surface area contributed by atoms with Crippen LogP contribution in [0.5, 0.6) is 0 Å². The maximum absolute atomic E-state index is 12.5. The monoisotopic (exact) mass is 400 g/mol. The van der Waals surface area contributed by atoms with E-state index in [0.29, 0.717) is 64.2 Å². The molecule has 3 aliphatic rings. The number of benzene rings is 1. The van der Waals surface area contributed by atoms with Crippen molar-refractivity contribution in [1.29, 1.82) is 0 Å². The van der Waals surface area contributed by atoms with Crippen molar-refractivity contribution in [2.24, 2.45) is 0 Å². The average molecular weight is 400 g/mol. The number of hydrogen-bond acceptors (Lipinski definition) is 5. The van der Waals surface area contributed by atoms with Crippen LogP contribution in [0.4, 0.5) is 0 Å². The van der Waals surface area contributed by atoms with Gasteiger partial charge in [-0.15, -0.1) is 0 Å². The third-order valence-corrected chi connectivity index (χ3v) is 6.05. The van der Waals surface area contributed by atoms with Crippen LogP contribution in [0, 0.1) is 0 Å². The molecule has 8 nitrogen and oxygen atoms in total. The third kappa shape index (κ3) is 4.59. The average Bonchev–Trinajstić information content (AvgIpc) is 3.19. The Labute approximate surface area is 170 Å². The summed E-state index contributed by atoms with van der Waals surface area (Å²) in [5.41, 5.74) is 0.620. The highest BCUT2D eigenvalue weighted by Gasteiger charge is 2.43. The summed E-state index contributed by atoms with van der Waals surface area (Å²) in [5, 5.41) is 6.03. The van der Waals surface area contributed by atoms with Gasteiger partial charge in [-0.25, -0.2) is 0 Å². The van der Waals surface area contributed by atoms with Crippen LogP contribution in [0.2, 0.25) is 0 Å². The smallest absolute Gasteiger partial charge is 0.251 e. The lowest BCUT2D eigenvalue weighted by Crippen LogP contribution is -2.58. The molecule has 0 bridgehead atoms. The molecular weight excluding hydrogens is 372 g/mol. The quantitative estimate of drug-likeness (QED) is 0.726. The number of nitrogens with zero attached hydrogens (tertiary/aromatic N) is 2. The number of carbonyl (C=O) groups is 3. The van der Waals surface area contributed by atoms with Crippen molar-refractivity contribution < 1.29 is 19.1 Å². The molecule has 0 saturated carbocycles. The summed E-state index contributed by atoms with van der Waals surface area (Å²) in [6, 6.07) is 8.90. The first-order chi connectivity index (χ1) is 14.1. The van der Waals surface area contributed by atoms with Crippen LogP contribution in [0.25, 0.3) is 0 Å². The summed E-state index contributed by atoms with van der Waals surface area (Å²) in [6.45, 7) is 3.68. The van der Waals surface area contributed by atoms with E-state index < -0.39 is 0 Å². The zero-order valence-electron chi connectivity index (χ0n) is 16.5. The lowest BCUT2D eigenvalue weighted by Gasteiger charge is -2.37. The van der Waals surface area contributed by atoms with Gasteiger partial charge in [-0.2, -0.15) is 0 Å². The van der Waals surface area contributed by atoms with Crippen LogP contribution < -0.4 is 10.6 Å². The fourth-order valence-corrected chi connectivity index (χ4v) is 4.47. The molecule has 3 atom stereocenters. The molecule has 0 spiro atoms. The Bertz CT molecular complexity index is 750. The molecule has 1 aromatic rings. The highest BCUT2D eigenvalue weighted by molar-refractivity contribution is 5.94. The van der Waals surface area contributed by atoms with E-state index in [1.54, 1.807) is 12.1 Å². The first-order valence-electron chi connectivity index (χ1n) is 10.4. The molecular formula is C21H28N4O4. The van der Waals surface area contributed by atoms with Gasteiger partial charge < -0.3 is 20.3 Å². The lowest BCUT2D eigenvalue weighted by atomic mass is 10.0. The number of rotatable bonds is 5. The Morgan fingerprint density at radius 3 is 2.69 bits per heavy atom. The molecule has 0 aliphatic carbocycles. The van der Waals surface area contributed by atoms with Crippen LogP contribution in [0.15, 0.2) is 30.3 Å². The molecule has 0 aromatic heterocycles. The number of amides is 3. The van der Waals surface area contributed by atoms with Gasteiger partial charge in [0.25, 0.3) is 5.91 Å². The van der Waals surface area contributed by atoms with E-state index in [4.69, 9.17) is 4.74 Å². The summed E-state index contributed by atoms with van der Waals surface area (Å²) < 4.78 is 5.30. The van der Waals surface area contributed by atoms with Gasteiger partial charge in [-0.1, -0.05) is 18.2 Å². The summed E-state index contributed by atoms with van der Waals surface area (Å²) >= 11 is 0. The Kier molecular flexibility index (Phi) is 6.10. The number of ether oxygens (including phenoxy) is 1. The highest BCUT2D eigenvalue weighted by Crippen LogP contribution is 2.26. The summed E-state index contributed by atoms with van der Waals surface area (Å²) in [6.07, 6.45) is 1.76. The van der Waals surface area contributed by atoms with Crippen LogP contribution in [-0.2, 0) is 14.3 Å². The van der Waals surface area contributed by atoms with E-state index in [0.717, 1.165) is 0 Å². The Hall–Kier alpha value is -2.45. The SMILES string of the molecule is O=C(NC1CC2C(=O)NCC(CCC(=O)N3CCOCC3)N2C1)c1ccccc1. The maximum Gasteiger partial charge on any atom is 0.251 e. The van der Waals surface area contributed by atoms with Crippen molar-refractivity contribution in [3.8, 4) is 0 Å². The normalized spacial score (nSPS) is 27.2. The number of hydrogen-bond donors (Lipinski definition) is 2. The number of nitrogens with one attached hydrogen (secondary N) is 2. The Morgan fingerprint density at radius 2 is 1.93 bits per heavy atom. The van der Waals surface area contributed by atoms with Gasteiger partial charge in [-0.3, -0.25) is 19.3 Å². The van der Waals surface area contributed by atoms with Crippen molar-refractivity contribution in [2.45, 2.75) is 37.4 Å². The second-order valence-electron chi connectivity index (χ2n) is 7.92. The molecule has 3 amide bonds. The van der Waals surface area contributed by atoms with E-state index in [1.165, 1.54) is 0 Å². The summed E-state index contributed by atoms with van der Waals surface area (Å²) in [5.74, 6) is 0.0435. The summed E-state index contributed by atoms with van der Waals surface area (Å²) in [7, 11) is 0. The van der Waals surface area contributed by atoms with Crippen molar-refractivity contribution >= 4 is 17.7 Å². The van der Waals surface area contributed by atoms with Crippen molar-refractivity contribution in [2.75, 3.05) is 39.4 Å². The molecule has 1 aromatic carbocycles. The number of carbonyl (C=O) groups excluding carboxylic acids is 3. The molecule has 2 N–H and O–H groups in total. The molecule has 3 unspecified atom stereocenters. The second kappa shape index (κ2) is 8.92. The standard InChI is InChI=1S/C21H28N4O4/c26-19(24-8-10-29-11-9-24)7-6-17-13-22-21(28)18-12-16(14-25(17)18)23-20(27)15-4-2-1-3-5-15/h1-5,16-18H,6-14H2,(H,22,28)(H,23,27). The number of morpholine rings is 1. The van der Waals surface area contributed by atoms with Gasteiger partial charge in [0.15, 0.2) is 0 Å². The van der Waals surface area contributed by atoms with Crippen molar-refractivity contribution in [3.05, 3.63) is 35.9 Å². The van der Waals surface area contributed by atoms with Gasteiger partial charge in [-0.05, 0) is 25.0 Å². The van der Waals surface area contributed by atoms with E-state index in [9.17, 15) is 14.4 Å². The van der Waals surface area contributed by atoms with E-state index in [1.807, 2.05) is 23.1 Å². The number of fused-ring (bicyclic) bond motifs is 1. The van der Waals surface area contributed by atoms with Gasteiger partial charge in [0, 0.05) is 50.2 Å². The molecule has 3 fully saturated rings. The molecule has 0 radical (unpaired) electrons. The molecule has 3 saturated heterocycles.